The Kier molecular flexibility index (Phi) is 5.96. The summed E-state index contributed by atoms with van der Waals surface area (Å²) in [6.07, 6.45) is -3.03. The number of halogens is 3. The van der Waals surface area contributed by atoms with E-state index in [0.717, 1.165) is 12.1 Å². The summed E-state index contributed by atoms with van der Waals surface area (Å²) in [4.78, 5) is 12.3. The third-order valence-electron chi connectivity index (χ3n) is 3.72. The van der Waals surface area contributed by atoms with Gasteiger partial charge in [0.2, 0.25) is 11.8 Å². The second kappa shape index (κ2) is 8.59. The van der Waals surface area contributed by atoms with Crippen molar-refractivity contribution in [1.82, 2.24) is 9.97 Å². The molecule has 1 heterocycles. The molecule has 0 spiro atoms. The number of benzene rings is 2. The van der Waals surface area contributed by atoms with Crippen LogP contribution in [-0.4, -0.2) is 30.4 Å². The van der Waals surface area contributed by atoms with Gasteiger partial charge in [0.25, 0.3) is 0 Å². The molecule has 29 heavy (non-hydrogen) atoms. The Hall–Kier alpha value is -3.62. The Balaban J connectivity index is 1.88. The number of hydrogen-bond acceptors (Lipinski definition) is 6. The van der Waals surface area contributed by atoms with E-state index in [9.17, 15) is 13.2 Å². The predicted molar refractivity (Wildman–Crippen MR) is 100 cm³/mol. The molecule has 0 aliphatic rings. The van der Waals surface area contributed by atoms with Crippen LogP contribution in [0.2, 0.25) is 0 Å². The van der Waals surface area contributed by atoms with E-state index in [4.69, 9.17) is 14.2 Å². The fraction of sp³-hybridized carbons (Fsp3) is 0.150. The number of hydrogen-bond donors (Lipinski definition) is 0. The van der Waals surface area contributed by atoms with Gasteiger partial charge in [0.15, 0.2) is 0 Å². The minimum atomic E-state index is -4.44. The zero-order chi connectivity index (χ0) is 20.9. The highest BCUT2D eigenvalue weighted by molar-refractivity contribution is 5.85. The lowest BCUT2D eigenvalue weighted by Gasteiger charge is -2.09. The average Bonchev–Trinajstić information content (AvgIpc) is 2.72. The van der Waals surface area contributed by atoms with Crippen molar-refractivity contribution in [2.24, 2.45) is 4.99 Å². The third kappa shape index (κ3) is 5.22. The van der Waals surface area contributed by atoms with Gasteiger partial charge in [-0.3, -0.25) is 4.99 Å². The molecule has 3 rings (SSSR count). The molecule has 2 aromatic carbocycles. The Morgan fingerprint density at radius 2 is 1.59 bits per heavy atom. The summed E-state index contributed by atoms with van der Waals surface area (Å²) in [5, 5.41) is 0. The molecule has 0 fully saturated rings. The molecule has 0 atom stereocenters. The van der Waals surface area contributed by atoms with Crippen LogP contribution in [0.3, 0.4) is 0 Å². The average molecular weight is 403 g/mol. The fourth-order valence-corrected chi connectivity index (χ4v) is 2.32. The number of rotatable bonds is 6. The van der Waals surface area contributed by atoms with Gasteiger partial charge >= 0.3 is 12.2 Å². The fourth-order valence-electron chi connectivity index (χ4n) is 2.32. The van der Waals surface area contributed by atoms with Gasteiger partial charge in [-0.25, -0.2) is 0 Å². The lowest BCUT2D eigenvalue weighted by atomic mass is 10.2. The van der Waals surface area contributed by atoms with E-state index in [0.29, 0.717) is 11.3 Å². The van der Waals surface area contributed by atoms with Crippen LogP contribution >= 0.6 is 0 Å². The molecule has 9 heteroatoms. The van der Waals surface area contributed by atoms with Gasteiger partial charge in [0.1, 0.15) is 5.75 Å². The van der Waals surface area contributed by atoms with Crippen LogP contribution in [0.5, 0.6) is 23.5 Å². The number of aliphatic imine (C=N–C) groups is 1. The van der Waals surface area contributed by atoms with Crippen molar-refractivity contribution >= 4 is 11.9 Å². The molecule has 0 saturated heterocycles. The SMILES string of the molecule is COc1cc(OC)nc(Oc2ccccc2/C=N\c2cccc(C(F)(F)F)c2)n1. The van der Waals surface area contributed by atoms with Gasteiger partial charge in [0.05, 0.1) is 31.5 Å². The number of aromatic nitrogens is 2. The van der Waals surface area contributed by atoms with Gasteiger partial charge in [0, 0.05) is 11.8 Å². The second-order valence-electron chi connectivity index (χ2n) is 5.68. The number of ether oxygens (including phenoxy) is 3. The number of methoxy groups -OCH3 is 2. The molecule has 150 valence electrons. The lowest BCUT2D eigenvalue weighted by molar-refractivity contribution is -0.137. The van der Waals surface area contributed by atoms with Crippen molar-refractivity contribution < 1.29 is 27.4 Å². The zero-order valence-corrected chi connectivity index (χ0v) is 15.5. The summed E-state index contributed by atoms with van der Waals surface area (Å²) in [6, 6.07) is 13.0. The van der Waals surface area contributed by atoms with E-state index in [-0.39, 0.29) is 23.5 Å². The van der Waals surface area contributed by atoms with E-state index in [1.807, 2.05) is 0 Å². The van der Waals surface area contributed by atoms with Crippen molar-refractivity contribution in [3.63, 3.8) is 0 Å². The third-order valence-corrected chi connectivity index (χ3v) is 3.72. The Labute approximate surface area is 164 Å². The molecule has 0 amide bonds. The normalized spacial score (nSPS) is 11.5. The molecule has 1 aromatic heterocycles. The first-order valence-electron chi connectivity index (χ1n) is 8.34. The van der Waals surface area contributed by atoms with E-state index in [1.54, 1.807) is 24.3 Å². The largest absolute Gasteiger partial charge is 0.481 e. The molecule has 0 saturated carbocycles. The first-order chi connectivity index (χ1) is 13.9. The summed E-state index contributed by atoms with van der Waals surface area (Å²) >= 11 is 0. The Morgan fingerprint density at radius 1 is 0.897 bits per heavy atom. The monoisotopic (exact) mass is 403 g/mol. The summed E-state index contributed by atoms with van der Waals surface area (Å²) in [6.45, 7) is 0. The topological polar surface area (TPSA) is 65.8 Å². The van der Waals surface area contributed by atoms with Crippen LogP contribution in [0, 0.1) is 0 Å². The van der Waals surface area contributed by atoms with Crippen LogP contribution in [0.15, 0.2) is 59.6 Å². The van der Waals surface area contributed by atoms with Crippen LogP contribution < -0.4 is 14.2 Å². The maximum absolute atomic E-state index is 12.9. The highest BCUT2D eigenvalue weighted by atomic mass is 19.4. The van der Waals surface area contributed by atoms with Crippen LogP contribution in [0.4, 0.5) is 18.9 Å². The Morgan fingerprint density at radius 3 is 2.24 bits per heavy atom. The number of para-hydroxylation sites is 1. The van der Waals surface area contributed by atoms with Crippen LogP contribution in [-0.2, 0) is 6.18 Å². The van der Waals surface area contributed by atoms with Gasteiger partial charge in [-0.2, -0.15) is 23.1 Å². The summed E-state index contributed by atoms with van der Waals surface area (Å²) in [7, 11) is 2.89. The van der Waals surface area contributed by atoms with Crippen molar-refractivity contribution in [3.05, 3.63) is 65.7 Å². The van der Waals surface area contributed by atoms with Crippen LogP contribution in [0.1, 0.15) is 11.1 Å². The van der Waals surface area contributed by atoms with E-state index in [1.165, 1.54) is 38.6 Å². The number of nitrogens with zero attached hydrogens (tertiary/aromatic N) is 3. The second-order valence-corrected chi connectivity index (χ2v) is 5.68. The first-order valence-corrected chi connectivity index (χ1v) is 8.34. The molecular formula is C20H16F3N3O3. The summed E-state index contributed by atoms with van der Waals surface area (Å²) < 4.78 is 54.4. The van der Waals surface area contributed by atoms with Gasteiger partial charge in [-0.1, -0.05) is 18.2 Å². The molecule has 0 unspecified atom stereocenters. The first kappa shape index (κ1) is 20.1. The molecule has 0 aliphatic carbocycles. The van der Waals surface area contributed by atoms with Crippen molar-refractivity contribution in [1.29, 1.82) is 0 Å². The van der Waals surface area contributed by atoms with Gasteiger partial charge in [-0.05, 0) is 30.3 Å². The van der Waals surface area contributed by atoms with Gasteiger partial charge in [-0.15, -0.1) is 0 Å². The minimum absolute atomic E-state index is 0.0129. The predicted octanol–water partition coefficient (Wildman–Crippen LogP) is 5.06. The van der Waals surface area contributed by atoms with Crippen molar-refractivity contribution in [2.75, 3.05) is 14.2 Å². The van der Waals surface area contributed by atoms with Crippen molar-refractivity contribution in [2.45, 2.75) is 6.18 Å². The van der Waals surface area contributed by atoms with E-state index < -0.39 is 11.7 Å². The number of alkyl halides is 3. The molecule has 3 aromatic rings. The molecular weight excluding hydrogens is 387 g/mol. The maximum atomic E-state index is 12.9. The van der Waals surface area contributed by atoms with Crippen molar-refractivity contribution in [3.8, 4) is 23.5 Å². The summed E-state index contributed by atoms with van der Waals surface area (Å²) in [5.74, 6) is 0.863. The zero-order valence-electron chi connectivity index (χ0n) is 15.5. The molecule has 0 bridgehead atoms. The van der Waals surface area contributed by atoms with E-state index >= 15 is 0 Å². The van der Waals surface area contributed by atoms with Crippen LogP contribution in [0.25, 0.3) is 0 Å². The van der Waals surface area contributed by atoms with E-state index in [2.05, 4.69) is 15.0 Å². The highest BCUT2D eigenvalue weighted by Crippen LogP contribution is 2.31. The minimum Gasteiger partial charge on any atom is -0.481 e. The Bertz CT molecular complexity index is 1000. The molecule has 0 radical (unpaired) electrons. The molecule has 0 aliphatic heterocycles. The standard InChI is InChI=1S/C20H16F3N3O3/c1-27-17-11-18(28-2)26-19(25-17)29-16-9-4-3-6-13(16)12-24-15-8-5-7-14(10-15)20(21,22)23/h3-12H,1-2H3/b24-12-. The summed E-state index contributed by atoms with van der Waals surface area (Å²) in [5.41, 5.74) is -0.0854. The van der Waals surface area contributed by atoms with Gasteiger partial charge < -0.3 is 14.2 Å². The molecule has 0 N–H and O–H groups in total. The quantitative estimate of drug-likeness (QED) is 0.539. The smallest absolute Gasteiger partial charge is 0.416 e. The molecule has 6 nitrogen and oxygen atoms in total. The lowest BCUT2D eigenvalue weighted by Crippen LogP contribution is -2.03. The highest BCUT2D eigenvalue weighted by Gasteiger charge is 2.30. The maximum Gasteiger partial charge on any atom is 0.416 e.